The molecule has 3 heterocycles. The first-order chi connectivity index (χ1) is 16.5. The molecular formula is C26H31ClN4O3. The molecule has 2 aromatic rings. The Morgan fingerprint density at radius 2 is 1.91 bits per heavy atom. The van der Waals surface area contributed by atoms with Crippen molar-refractivity contribution < 1.29 is 14.4 Å². The van der Waals surface area contributed by atoms with Gasteiger partial charge in [0.1, 0.15) is 17.6 Å². The van der Waals surface area contributed by atoms with Crippen molar-refractivity contribution in [3.63, 3.8) is 0 Å². The smallest absolute Gasteiger partial charge is 0.276 e. The molecule has 0 bridgehead atoms. The number of fused-ring (bicyclic) bond motifs is 1. The molecule has 0 aromatic heterocycles. The third-order valence-corrected chi connectivity index (χ3v) is 6.80. The van der Waals surface area contributed by atoms with Gasteiger partial charge < -0.3 is 19.4 Å². The molecule has 7 nitrogen and oxygen atoms in total. The molecule has 34 heavy (non-hydrogen) atoms. The molecule has 1 atom stereocenters. The molecule has 1 fully saturated rings. The fourth-order valence-electron chi connectivity index (χ4n) is 4.92. The summed E-state index contributed by atoms with van der Waals surface area (Å²) in [6.07, 6.45) is 1.42. The lowest BCUT2D eigenvalue weighted by atomic mass is 10.1. The summed E-state index contributed by atoms with van der Waals surface area (Å²) in [7, 11) is 0. The maximum Gasteiger partial charge on any atom is 0.276 e. The number of carbonyl (C=O) groups excluding carboxylic acids is 1. The number of piperazine rings is 1. The lowest BCUT2D eigenvalue weighted by molar-refractivity contribution is -0.112. The Morgan fingerprint density at radius 3 is 2.71 bits per heavy atom. The lowest BCUT2D eigenvalue weighted by Gasteiger charge is -2.37. The SMILES string of the molecule is CC(C)Oc1ccccc1N1CCN(CC2CC(C(=O)N3CCc4cc(Cl)ccc43)=NO2)CC1. The summed E-state index contributed by atoms with van der Waals surface area (Å²) < 4.78 is 6.00. The fraction of sp³-hybridized carbons (Fsp3) is 0.462. The summed E-state index contributed by atoms with van der Waals surface area (Å²) in [5, 5.41) is 4.86. The average molecular weight is 483 g/mol. The predicted molar refractivity (Wildman–Crippen MR) is 135 cm³/mol. The van der Waals surface area contributed by atoms with Gasteiger partial charge in [0.25, 0.3) is 5.91 Å². The first-order valence-corrected chi connectivity index (χ1v) is 12.4. The maximum absolute atomic E-state index is 13.1. The minimum absolute atomic E-state index is 0.0600. The van der Waals surface area contributed by atoms with Gasteiger partial charge in [-0.3, -0.25) is 9.69 Å². The first-order valence-electron chi connectivity index (χ1n) is 12.0. The second kappa shape index (κ2) is 9.84. The van der Waals surface area contributed by atoms with Crippen LogP contribution in [-0.4, -0.2) is 68.0 Å². The normalized spacial score (nSPS) is 20.4. The number of oxime groups is 1. The molecule has 1 saturated heterocycles. The Balaban J connectivity index is 1.13. The highest BCUT2D eigenvalue weighted by Gasteiger charge is 2.34. The molecule has 1 amide bonds. The molecule has 0 saturated carbocycles. The Kier molecular flexibility index (Phi) is 6.66. The lowest BCUT2D eigenvalue weighted by Crippen LogP contribution is -2.48. The maximum atomic E-state index is 13.1. The average Bonchev–Trinajstić information content (AvgIpc) is 3.46. The van der Waals surface area contributed by atoms with Gasteiger partial charge in [-0.25, -0.2) is 0 Å². The van der Waals surface area contributed by atoms with Crippen molar-refractivity contribution in [2.24, 2.45) is 5.16 Å². The van der Waals surface area contributed by atoms with Crippen molar-refractivity contribution in [1.82, 2.24) is 4.90 Å². The molecular weight excluding hydrogens is 452 g/mol. The molecule has 3 aliphatic rings. The quantitative estimate of drug-likeness (QED) is 0.623. The van der Waals surface area contributed by atoms with Gasteiger partial charge in [-0.05, 0) is 56.2 Å². The molecule has 0 N–H and O–H groups in total. The van der Waals surface area contributed by atoms with E-state index in [0.29, 0.717) is 23.7 Å². The van der Waals surface area contributed by atoms with Gasteiger partial charge >= 0.3 is 0 Å². The fourth-order valence-corrected chi connectivity index (χ4v) is 5.12. The number of rotatable bonds is 6. The number of hydrogen-bond acceptors (Lipinski definition) is 6. The van der Waals surface area contributed by atoms with Gasteiger partial charge in [-0.2, -0.15) is 0 Å². The Morgan fingerprint density at radius 1 is 1.12 bits per heavy atom. The van der Waals surface area contributed by atoms with Gasteiger partial charge in [0.05, 0.1) is 11.8 Å². The summed E-state index contributed by atoms with van der Waals surface area (Å²) in [6, 6.07) is 13.9. The number of benzene rings is 2. The van der Waals surface area contributed by atoms with E-state index in [-0.39, 0.29) is 18.1 Å². The van der Waals surface area contributed by atoms with E-state index in [1.54, 1.807) is 4.90 Å². The van der Waals surface area contributed by atoms with Crippen LogP contribution in [0.3, 0.4) is 0 Å². The molecule has 1 unspecified atom stereocenters. The standard InChI is InChI=1S/C26H31ClN4O3/c1-18(2)33-25-6-4-3-5-24(25)30-13-11-29(12-14-30)17-21-16-22(28-34-21)26(32)31-10-9-19-15-20(27)7-8-23(19)31/h3-8,15,18,21H,9-14,16-17H2,1-2H3. The number of hydrogen-bond donors (Lipinski definition) is 0. The third kappa shape index (κ3) is 4.86. The van der Waals surface area contributed by atoms with Crippen LogP contribution < -0.4 is 14.5 Å². The van der Waals surface area contributed by atoms with E-state index in [2.05, 4.69) is 40.9 Å². The van der Waals surface area contributed by atoms with E-state index in [1.165, 1.54) is 0 Å². The van der Waals surface area contributed by atoms with Gasteiger partial charge in [0.2, 0.25) is 0 Å². The number of anilines is 2. The van der Waals surface area contributed by atoms with E-state index in [0.717, 1.165) is 61.8 Å². The minimum atomic E-state index is -0.0886. The number of amides is 1. The van der Waals surface area contributed by atoms with Gasteiger partial charge in [0, 0.05) is 56.4 Å². The summed E-state index contributed by atoms with van der Waals surface area (Å²) in [6.45, 7) is 9.23. The zero-order valence-electron chi connectivity index (χ0n) is 19.7. The zero-order valence-corrected chi connectivity index (χ0v) is 20.5. The van der Waals surface area contributed by atoms with Gasteiger partial charge in [-0.1, -0.05) is 28.9 Å². The number of nitrogens with zero attached hydrogens (tertiary/aromatic N) is 4. The van der Waals surface area contributed by atoms with Crippen molar-refractivity contribution in [2.45, 2.75) is 38.9 Å². The molecule has 8 heteroatoms. The van der Waals surface area contributed by atoms with Gasteiger partial charge in [0.15, 0.2) is 0 Å². The van der Waals surface area contributed by atoms with Crippen LogP contribution in [0.15, 0.2) is 47.6 Å². The van der Waals surface area contributed by atoms with Crippen molar-refractivity contribution in [3.8, 4) is 5.75 Å². The zero-order chi connectivity index (χ0) is 23.7. The molecule has 2 aromatic carbocycles. The van der Waals surface area contributed by atoms with Crippen LogP contribution in [0.5, 0.6) is 5.75 Å². The summed E-state index contributed by atoms with van der Waals surface area (Å²) in [4.78, 5) is 25.3. The number of carbonyl (C=O) groups is 1. The monoisotopic (exact) mass is 482 g/mol. The van der Waals surface area contributed by atoms with Crippen LogP contribution in [-0.2, 0) is 16.1 Å². The topological polar surface area (TPSA) is 57.6 Å². The van der Waals surface area contributed by atoms with E-state index >= 15 is 0 Å². The van der Waals surface area contributed by atoms with Crippen molar-refractivity contribution >= 4 is 34.6 Å². The number of halogens is 1. The highest BCUT2D eigenvalue weighted by Crippen LogP contribution is 2.32. The van der Waals surface area contributed by atoms with E-state index < -0.39 is 0 Å². The number of ether oxygens (including phenoxy) is 1. The van der Waals surface area contributed by atoms with Crippen molar-refractivity contribution in [2.75, 3.05) is 49.1 Å². The second-order valence-electron chi connectivity index (χ2n) is 9.37. The van der Waals surface area contributed by atoms with Crippen LogP contribution in [0, 0.1) is 0 Å². The predicted octanol–water partition coefficient (Wildman–Crippen LogP) is 3.98. The molecule has 0 aliphatic carbocycles. The van der Waals surface area contributed by atoms with Crippen LogP contribution in [0.1, 0.15) is 25.8 Å². The minimum Gasteiger partial charge on any atom is -0.489 e. The Bertz CT molecular complexity index is 1080. The van der Waals surface area contributed by atoms with Crippen LogP contribution in [0.25, 0.3) is 0 Å². The first kappa shape index (κ1) is 23.0. The highest BCUT2D eigenvalue weighted by atomic mass is 35.5. The third-order valence-electron chi connectivity index (χ3n) is 6.56. The van der Waals surface area contributed by atoms with Crippen LogP contribution in [0.2, 0.25) is 5.02 Å². The molecule has 5 rings (SSSR count). The Hall–Kier alpha value is -2.77. The molecule has 3 aliphatic heterocycles. The summed E-state index contributed by atoms with van der Waals surface area (Å²) in [5.41, 5.74) is 3.69. The Labute approximate surface area is 205 Å². The molecule has 0 radical (unpaired) electrons. The summed E-state index contributed by atoms with van der Waals surface area (Å²) in [5.74, 6) is 0.877. The van der Waals surface area contributed by atoms with Crippen molar-refractivity contribution in [1.29, 1.82) is 0 Å². The largest absolute Gasteiger partial charge is 0.489 e. The molecule has 180 valence electrons. The van der Waals surface area contributed by atoms with Crippen LogP contribution >= 0.6 is 11.6 Å². The van der Waals surface area contributed by atoms with Crippen LogP contribution in [0.4, 0.5) is 11.4 Å². The van der Waals surface area contributed by atoms with E-state index in [1.807, 2.05) is 30.3 Å². The highest BCUT2D eigenvalue weighted by molar-refractivity contribution is 6.44. The van der Waals surface area contributed by atoms with E-state index in [4.69, 9.17) is 21.2 Å². The second-order valence-corrected chi connectivity index (χ2v) is 9.81. The molecule has 0 spiro atoms. The summed E-state index contributed by atoms with van der Waals surface area (Å²) >= 11 is 6.10. The van der Waals surface area contributed by atoms with E-state index in [9.17, 15) is 4.79 Å². The van der Waals surface area contributed by atoms with Gasteiger partial charge in [-0.15, -0.1) is 0 Å². The number of para-hydroxylation sites is 2. The van der Waals surface area contributed by atoms with Crippen molar-refractivity contribution in [3.05, 3.63) is 53.1 Å².